The minimum atomic E-state index is -0.0948. The van der Waals surface area contributed by atoms with Gasteiger partial charge in [-0.15, -0.1) is 0 Å². The van der Waals surface area contributed by atoms with Gasteiger partial charge in [-0.2, -0.15) is 0 Å². The van der Waals surface area contributed by atoms with Gasteiger partial charge in [-0.05, 0) is 64.2 Å². The largest absolute Gasteiger partial charge is 0.393 e. The van der Waals surface area contributed by atoms with Crippen molar-refractivity contribution >= 4 is 0 Å². The molecule has 0 amide bonds. The number of hydrogen-bond acceptors (Lipinski definition) is 3. The highest BCUT2D eigenvalue weighted by Crippen LogP contribution is 2.25. The molecule has 0 aromatic carbocycles. The van der Waals surface area contributed by atoms with Crippen LogP contribution in [0.2, 0.25) is 0 Å². The predicted octanol–water partition coefficient (Wildman–Crippen LogP) is 2.46. The fourth-order valence-electron chi connectivity index (χ4n) is 4.00. The molecule has 0 bridgehead atoms. The molecule has 0 aromatic heterocycles. The van der Waals surface area contributed by atoms with E-state index in [9.17, 15) is 10.2 Å². The summed E-state index contributed by atoms with van der Waals surface area (Å²) < 4.78 is 0. The average molecular weight is 329 g/mol. The molecular weight excluding hydrogens is 298 g/mol. The summed E-state index contributed by atoms with van der Waals surface area (Å²) in [6.45, 7) is 0.949. The molecule has 2 aliphatic carbocycles. The van der Waals surface area contributed by atoms with Gasteiger partial charge in [0.25, 0.3) is 0 Å². The van der Waals surface area contributed by atoms with E-state index in [4.69, 9.17) is 0 Å². The van der Waals surface area contributed by atoms with E-state index in [1.165, 1.54) is 0 Å². The van der Waals surface area contributed by atoms with Gasteiger partial charge in [-0.25, -0.2) is 0 Å². The normalized spacial score (nSPS) is 39.9. The number of piperidine rings is 1. The lowest BCUT2D eigenvalue weighted by Gasteiger charge is -2.25. The Bertz CT molecular complexity index is 451. The molecule has 2 saturated carbocycles. The lowest BCUT2D eigenvalue weighted by molar-refractivity contribution is 0.119. The van der Waals surface area contributed by atoms with Crippen LogP contribution in [0.3, 0.4) is 0 Å². The second-order valence-corrected chi connectivity index (χ2v) is 7.82. The van der Waals surface area contributed by atoms with Crippen molar-refractivity contribution < 1.29 is 10.2 Å². The molecule has 3 N–H and O–H groups in total. The van der Waals surface area contributed by atoms with Crippen molar-refractivity contribution in [2.75, 3.05) is 6.54 Å². The highest BCUT2D eigenvalue weighted by Gasteiger charge is 2.21. The minimum Gasteiger partial charge on any atom is -0.393 e. The van der Waals surface area contributed by atoms with Gasteiger partial charge in [0.05, 0.1) is 18.2 Å². The molecule has 1 saturated heterocycles. The van der Waals surface area contributed by atoms with Crippen molar-refractivity contribution in [3.63, 3.8) is 0 Å². The number of hydrogen-bond donors (Lipinski definition) is 3. The Balaban J connectivity index is 1.39. The van der Waals surface area contributed by atoms with Gasteiger partial charge in [-0.3, -0.25) is 0 Å². The second-order valence-electron chi connectivity index (χ2n) is 7.82. The number of aliphatic hydroxyl groups excluding tert-OH is 2. The number of nitrogens with one attached hydrogen (secondary N) is 1. The molecule has 0 aromatic rings. The van der Waals surface area contributed by atoms with E-state index in [-0.39, 0.29) is 12.2 Å². The van der Waals surface area contributed by atoms with Gasteiger partial charge in [-0.1, -0.05) is 23.7 Å². The van der Waals surface area contributed by atoms with Crippen LogP contribution < -0.4 is 5.32 Å². The van der Waals surface area contributed by atoms with Gasteiger partial charge >= 0.3 is 0 Å². The van der Waals surface area contributed by atoms with E-state index in [2.05, 4.69) is 29.0 Å². The Labute approximate surface area is 146 Å². The van der Waals surface area contributed by atoms with Crippen LogP contribution in [0.1, 0.15) is 64.2 Å². The SMILES string of the molecule is OC1CCC(C#CC2CCC(C#CC3CCC(O)CC3)NC2)CC1. The summed E-state index contributed by atoms with van der Waals surface area (Å²) in [6, 6.07) is 0.319. The van der Waals surface area contributed by atoms with Crippen LogP contribution in [-0.2, 0) is 0 Å². The van der Waals surface area contributed by atoms with Crippen molar-refractivity contribution in [1.29, 1.82) is 0 Å². The van der Waals surface area contributed by atoms with E-state index in [0.29, 0.717) is 23.8 Å². The van der Waals surface area contributed by atoms with Crippen LogP contribution in [0.4, 0.5) is 0 Å². The summed E-state index contributed by atoms with van der Waals surface area (Å²) in [4.78, 5) is 0. The summed E-state index contributed by atoms with van der Waals surface area (Å²) in [7, 11) is 0. The quantitative estimate of drug-likeness (QED) is 0.599. The first kappa shape index (κ1) is 17.8. The topological polar surface area (TPSA) is 52.5 Å². The Morgan fingerprint density at radius 3 is 1.50 bits per heavy atom. The lowest BCUT2D eigenvalue weighted by Crippen LogP contribution is -2.37. The Morgan fingerprint density at radius 1 is 0.542 bits per heavy atom. The summed E-state index contributed by atoms with van der Waals surface area (Å²) in [5.41, 5.74) is 0. The zero-order chi connectivity index (χ0) is 16.8. The Morgan fingerprint density at radius 2 is 1.00 bits per heavy atom. The van der Waals surface area contributed by atoms with E-state index >= 15 is 0 Å². The highest BCUT2D eigenvalue weighted by molar-refractivity contribution is 5.15. The molecule has 3 heteroatoms. The van der Waals surface area contributed by atoms with E-state index in [0.717, 1.165) is 70.8 Å². The maximum Gasteiger partial charge on any atom is 0.0690 e. The fourth-order valence-corrected chi connectivity index (χ4v) is 4.00. The summed E-state index contributed by atoms with van der Waals surface area (Å²) in [5.74, 6) is 15.2. The van der Waals surface area contributed by atoms with Gasteiger partial charge in [0.2, 0.25) is 0 Å². The first-order valence-corrected chi connectivity index (χ1v) is 9.80. The molecule has 24 heavy (non-hydrogen) atoms. The third-order valence-corrected chi connectivity index (χ3v) is 5.76. The maximum absolute atomic E-state index is 9.55. The summed E-state index contributed by atoms with van der Waals surface area (Å²) >= 11 is 0. The molecular formula is C21H31NO2. The molecule has 2 unspecified atom stereocenters. The third kappa shape index (κ3) is 5.52. The molecule has 3 rings (SSSR count). The fraction of sp³-hybridized carbons (Fsp3) is 0.810. The van der Waals surface area contributed by atoms with Gasteiger partial charge in [0, 0.05) is 24.3 Å². The Kier molecular flexibility index (Phi) is 6.61. The molecule has 3 nitrogen and oxygen atoms in total. The first-order valence-electron chi connectivity index (χ1n) is 9.80. The summed E-state index contributed by atoms with van der Waals surface area (Å²) in [6.07, 6.45) is 9.89. The minimum absolute atomic E-state index is 0.0915. The molecule has 132 valence electrons. The molecule has 3 aliphatic rings. The van der Waals surface area contributed by atoms with Gasteiger partial charge in [0.1, 0.15) is 0 Å². The first-order chi connectivity index (χ1) is 11.7. The standard InChI is InChI=1S/C21H31NO2/c23-20-11-5-16(6-12-20)1-2-18-4-10-19(22-15-18)9-3-17-7-13-21(24)14-8-17/h16-24H,4-8,10-15H2. The van der Waals surface area contributed by atoms with Crippen molar-refractivity contribution in [3.8, 4) is 23.7 Å². The van der Waals surface area contributed by atoms with Crippen molar-refractivity contribution in [2.45, 2.75) is 82.5 Å². The molecule has 3 fully saturated rings. The maximum atomic E-state index is 9.55. The van der Waals surface area contributed by atoms with Crippen molar-refractivity contribution in [3.05, 3.63) is 0 Å². The predicted molar refractivity (Wildman–Crippen MR) is 96.0 cm³/mol. The van der Waals surface area contributed by atoms with Crippen molar-refractivity contribution in [1.82, 2.24) is 5.32 Å². The summed E-state index contributed by atoms with van der Waals surface area (Å²) in [5, 5.41) is 22.6. The smallest absolute Gasteiger partial charge is 0.0690 e. The Hall–Kier alpha value is -1.00. The van der Waals surface area contributed by atoms with E-state index < -0.39 is 0 Å². The molecule has 0 radical (unpaired) electrons. The number of aliphatic hydroxyl groups is 2. The zero-order valence-corrected chi connectivity index (χ0v) is 14.6. The van der Waals surface area contributed by atoms with Crippen molar-refractivity contribution in [2.24, 2.45) is 17.8 Å². The zero-order valence-electron chi connectivity index (χ0n) is 14.6. The van der Waals surface area contributed by atoms with E-state index in [1.807, 2.05) is 0 Å². The van der Waals surface area contributed by atoms with Crippen LogP contribution in [0.5, 0.6) is 0 Å². The molecule has 1 aliphatic heterocycles. The van der Waals surface area contributed by atoms with Gasteiger partial charge < -0.3 is 15.5 Å². The highest BCUT2D eigenvalue weighted by atomic mass is 16.3. The third-order valence-electron chi connectivity index (χ3n) is 5.76. The van der Waals surface area contributed by atoms with Crippen LogP contribution in [0, 0.1) is 41.4 Å². The monoisotopic (exact) mass is 329 g/mol. The average Bonchev–Trinajstić information content (AvgIpc) is 2.62. The van der Waals surface area contributed by atoms with E-state index in [1.54, 1.807) is 0 Å². The second kappa shape index (κ2) is 8.91. The lowest BCUT2D eigenvalue weighted by atomic mass is 9.86. The van der Waals surface area contributed by atoms with Crippen LogP contribution in [-0.4, -0.2) is 35.0 Å². The number of rotatable bonds is 0. The van der Waals surface area contributed by atoms with Crippen LogP contribution in [0.15, 0.2) is 0 Å². The molecule has 2 atom stereocenters. The molecule has 1 heterocycles. The van der Waals surface area contributed by atoms with Crippen LogP contribution >= 0.6 is 0 Å². The molecule has 0 spiro atoms. The van der Waals surface area contributed by atoms with Crippen LogP contribution in [0.25, 0.3) is 0 Å². The van der Waals surface area contributed by atoms with Gasteiger partial charge in [0.15, 0.2) is 0 Å².